The van der Waals surface area contributed by atoms with Crippen LogP contribution in [0.5, 0.6) is 0 Å². The van der Waals surface area contributed by atoms with Crippen LogP contribution in [0.15, 0.2) is 33.4 Å². The zero-order valence-corrected chi connectivity index (χ0v) is 7.51. The van der Waals surface area contributed by atoms with Crippen LogP contribution in [-0.4, -0.2) is 5.91 Å². The molecule has 0 saturated carbocycles. The molecule has 2 N–H and O–H groups in total. The maximum atomic E-state index is 10.7. The van der Waals surface area contributed by atoms with Crippen LogP contribution in [0.25, 0.3) is 11.3 Å². The lowest BCUT2D eigenvalue weighted by atomic mass is 10.3. The molecule has 2 aromatic rings. The summed E-state index contributed by atoms with van der Waals surface area (Å²) in [5, 5.41) is 3.89. The molecule has 0 spiro atoms. The second-order valence-corrected chi connectivity index (χ2v) is 3.32. The number of nitrogens with two attached hydrogens (primary N) is 1. The predicted octanol–water partition coefficient (Wildman–Crippen LogP) is 2.11. The second kappa shape index (κ2) is 3.06. The number of carbonyl (C=O) groups is 1. The molecule has 13 heavy (non-hydrogen) atoms. The molecule has 0 atom stereocenters. The Labute approximate surface area is 78.8 Å². The molecule has 0 aliphatic carbocycles. The molecule has 0 aliphatic heterocycles. The highest BCUT2D eigenvalue weighted by Crippen LogP contribution is 2.23. The van der Waals surface area contributed by atoms with Gasteiger partial charge in [0.05, 0.1) is 0 Å². The molecular weight excluding hydrogens is 186 g/mol. The van der Waals surface area contributed by atoms with E-state index < -0.39 is 5.91 Å². The van der Waals surface area contributed by atoms with E-state index in [2.05, 4.69) is 0 Å². The number of thiophene rings is 1. The van der Waals surface area contributed by atoms with Crippen LogP contribution in [0.4, 0.5) is 0 Å². The zero-order valence-electron chi connectivity index (χ0n) is 6.69. The van der Waals surface area contributed by atoms with E-state index in [4.69, 9.17) is 10.2 Å². The van der Waals surface area contributed by atoms with Crippen molar-refractivity contribution in [1.29, 1.82) is 0 Å². The standard InChI is InChI=1S/C9H7NO2S/c10-9(11)8-2-1-7(12-8)6-3-4-13-5-6/h1-5H,(H2,10,11). The topological polar surface area (TPSA) is 56.2 Å². The molecule has 0 radical (unpaired) electrons. The first-order valence-corrected chi connectivity index (χ1v) is 4.64. The van der Waals surface area contributed by atoms with Gasteiger partial charge in [-0.15, -0.1) is 0 Å². The van der Waals surface area contributed by atoms with Gasteiger partial charge in [-0.25, -0.2) is 0 Å². The van der Waals surface area contributed by atoms with Gasteiger partial charge in [-0.05, 0) is 23.6 Å². The second-order valence-electron chi connectivity index (χ2n) is 2.54. The summed E-state index contributed by atoms with van der Waals surface area (Å²) in [7, 11) is 0. The van der Waals surface area contributed by atoms with Crippen molar-refractivity contribution in [2.24, 2.45) is 5.73 Å². The third kappa shape index (κ3) is 1.48. The maximum absolute atomic E-state index is 10.7. The summed E-state index contributed by atoms with van der Waals surface area (Å²) in [6, 6.07) is 5.24. The first-order chi connectivity index (χ1) is 6.27. The van der Waals surface area contributed by atoms with Crippen LogP contribution in [0.3, 0.4) is 0 Å². The first-order valence-electron chi connectivity index (χ1n) is 3.69. The molecule has 2 heterocycles. The van der Waals surface area contributed by atoms with Gasteiger partial charge in [0, 0.05) is 10.9 Å². The van der Waals surface area contributed by atoms with Gasteiger partial charge in [0.2, 0.25) is 0 Å². The van der Waals surface area contributed by atoms with E-state index in [1.165, 1.54) is 0 Å². The lowest BCUT2D eigenvalue weighted by Gasteiger charge is -1.89. The minimum atomic E-state index is -0.540. The van der Waals surface area contributed by atoms with E-state index in [1.54, 1.807) is 23.5 Å². The van der Waals surface area contributed by atoms with E-state index in [1.807, 2.05) is 16.8 Å². The number of furan rings is 1. The number of hydrogen-bond donors (Lipinski definition) is 1. The van der Waals surface area contributed by atoms with E-state index in [0.29, 0.717) is 5.76 Å². The van der Waals surface area contributed by atoms with Crippen molar-refractivity contribution in [3.63, 3.8) is 0 Å². The Kier molecular flexibility index (Phi) is 1.90. The fourth-order valence-corrected chi connectivity index (χ4v) is 1.68. The Morgan fingerprint density at radius 3 is 2.77 bits per heavy atom. The van der Waals surface area contributed by atoms with E-state index in [0.717, 1.165) is 5.56 Å². The largest absolute Gasteiger partial charge is 0.451 e. The Morgan fingerprint density at radius 1 is 1.38 bits per heavy atom. The highest BCUT2D eigenvalue weighted by molar-refractivity contribution is 7.08. The lowest BCUT2D eigenvalue weighted by molar-refractivity contribution is 0.0975. The summed E-state index contributed by atoms with van der Waals surface area (Å²) in [6.07, 6.45) is 0. The summed E-state index contributed by atoms with van der Waals surface area (Å²) in [5.41, 5.74) is 6.02. The van der Waals surface area contributed by atoms with Gasteiger partial charge in [-0.1, -0.05) is 0 Å². The van der Waals surface area contributed by atoms with Gasteiger partial charge in [0.1, 0.15) is 5.76 Å². The molecule has 66 valence electrons. The number of rotatable bonds is 2. The Balaban J connectivity index is 2.39. The van der Waals surface area contributed by atoms with Crippen LogP contribution in [0, 0.1) is 0 Å². The monoisotopic (exact) mass is 193 g/mol. The SMILES string of the molecule is NC(=O)c1ccc(-c2ccsc2)o1. The third-order valence-electron chi connectivity index (χ3n) is 1.65. The highest BCUT2D eigenvalue weighted by atomic mass is 32.1. The Morgan fingerprint density at radius 2 is 2.23 bits per heavy atom. The summed E-state index contributed by atoms with van der Waals surface area (Å²) in [4.78, 5) is 10.7. The summed E-state index contributed by atoms with van der Waals surface area (Å²) in [6.45, 7) is 0. The molecule has 0 aliphatic rings. The Hall–Kier alpha value is -1.55. The first kappa shape index (κ1) is 8.07. The van der Waals surface area contributed by atoms with Gasteiger partial charge < -0.3 is 10.2 Å². The smallest absolute Gasteiger partial charge is 0.284 e. The van der Waals surface area contributed by atoms with Crippen LogP contribution in [0.1, 0.15) is 10.6 Å². The fraction of sp³-hybridized carbons (Fsp3) is 0. The molecule has 1 amide bonds. The zero-order chi connectivity index (χ0) is 9.26. The van der Waals surface area contributed by atoms with Gasteiger partial charge >= 0.3 is 0 Å². The third-order valence-corrected chi connectivity index (χ3v) is 2.34. The minimum Gasteiger partial charge on any atom is -0.451 e. The van der Waals surface area contributed by atoms with Crippen molar-refractivity contribution in [1.82, 2.24) is 0 Å². The maximum Gasteiger partial charge on any atom is 0.284 e. The molecular formula is C9H7NO2S. The van der Waals surface area contributed by atoms with Crippen molar-refractivity contribution < 1.29 is 9.21 Å². The van der Waals surface area contributed by atoms with Crippen molar-refractivity contribution in [2.75, 3.05) is 0 Å². The van der Waals surface area contributed by atoms with E-state index in [-0.39, 0.29) is 5.76 Å². The van der Waals surface area contributed by atoms with Crippen molar-refractivity contribution in [2.45, 2.75) is 0 Å². The van der Waals surface area contributed by atoms with Crippen LogP contribution >= 0.6 is 11.3 Å². The molecule has 4 heteroatoms. The van der Waals surface area contributed by atoms with Crippen LogP contribution in [0.2, 0.25) is 0 Å². The van der Waals surface area contributed by atoms with Crippen molar-refractivity contribution >= 4 is 17.2 Å². The molecule has 2 rings (SSSR count). The molecule has 0 fully saturated rings. The number of hydrogen-bond acceptors (Lipinski definition) is 3. The average molecular weight is 193 g/mol. The Bertz CT molecular complexity index is 417. The van der Waals surface area contributed by atoms with Gasteiger partial charge in [0.15, 0.2) is 5.76 Å². The lowest BCUT2D eigenvalue weighted by Crippen LogP contribution is -2.08. The molecule has 0 bridgehead atoms. The van der Waals surface area contributed by atoms with Crippen molar-refractivity contribution in [3.8, 4) is 11.3 Å². The normalized spacial score (nSPS) is 10.2. The quantitative estimate of drug-likeness (QED) is 0.794. The number of carbonyl (C=O) groups excluding carboxylic acids is 1. The number of primary amides is 1. The summed E-state index contributed by atoms with van der Waals surface area (Å²) >= 11 is 1.58. The molecule has 0 aromatic carbocycles. The molecule has 3 nitrogen and oxygen atoms in total. The average Bonchev–Trinajstić information content (AvgIpc) is 2.75. The van der Waals surface area contributed by atoms with Gasteiger partial charge in [-0.3, -0.25) is 4.79 Å². The highest BCUT2D eigenvalue weighted by Gasteiger charge is 2.08. The fourth-order valence-electron chi connectivity index (χ4n) is 1.03. The van der Waals surface area contributed by atoms with E-state index in [9.17, 15) is 4.79 Å². The summed E-state index contributed by atoms with van der Waals surface area (Å²) < 4.78 is 5.22. The molecule has 0 unspecified atom stereocenters. The van der Waals surface area contributed by atoms with Crippen molar-refractivity contribution in [3.05, 3.63) is 34.7 Å². The van der Waals surface area contributed by atoms with Crippen LogP contribution < -0.4 is 5.73 Å². The van der Waals surface area contributed by atoms with E-state index >= 15 is 0 Å². The van der Waals surface area contributed by atoms with Crippen LogP contribution in [-0.2, 0) is 0 Å². The van der Waals surface area contributed by atoms with Gasteiger partial charge in [0.25, 0.3) is 5.91 Å². The molecule has 0 saturated heterocycles. The predicted molar refractivity (Wildman–Crippen MR) is 50.5 cm³/mol. The molecule has 2 aromatic heterocycles. The number of amides is 1. The minimum absolute atomic E-state index is 0.196. The summed E-state index contributed by atoms with van der Waals surface area (Å²) in [5.74, 6) is 0.331. The van der Waals surface area contributed by atoms with Gasteiger partial charge in [-0.2, -0.15) is 11.3 Å².